The van der Waals surface area contributed by atoms with Gasteiger partial charge in [0.05, 0.1) is 12.0 Å². The summed E-state index contributed by atoms with van der Waals surface area (Å²) in [4.78, 5) is 24.2. The number of aromatic nitrogens is 2. The molecule has 1 aliphatic rings. The van der Waals surface area contributed by atoms with Crippen molar-refractivity contribution >= 4 is 39.9 Å². The van der Waals surface area contributed by atoms with Crippen LogP contribution in [-0.4, -0.2) is 26.7 Å². The first-order chi connectivity index (χ1) is 9.90. The lowest BCUT2D eigenvalue weighted by Crippen LogP contribution is -2.24. The molecule has 1 atom stereocenters. The van der Waals surface area contributed by atoms with Gasteiger partial charge in [0, 0.05) is 18.4 Å². The van der Waals surface area contributed by atoms with Gasteiger partial charge < -0.3 is 4.74 Å². The SMILES string of the molecule is Cn1nc(C(=O)OC[C@H]2CC2(Cl)Cl)c2ccccc2c1=O. The normalized spacial score (nSPS) is 19.5. The maximum Gasteiger partial charge on any atom is 0.359 e. The Morgan fingerprint density at radius 3 is 2.67 bits per heavy atom. The lowest BCUT2D eigenvalue weighted by atomic mass is 10.1. The van der Waals surface area contributed by atoms with Crippen molar-refractivity contribution in [3.63, 3.8) is 0 Å². The fraction of sp³-hybridized carbons (Fsp3) is 0.357. The first-order valence-corrected chi connectivity index (χ1v) is 7.17. The third kappa shape index (κ3) is 2.63. The average molecular weight is 327 g/mol. The van der Waals surface area contributed by atoms with Crippen molar-refractivity contribution < 1.29 is 9.53 Å². The molecule has 1 aromatic carbocycles. The molecule has 0 bridgehead atoms. The second-order valence-electron chi connectivity index (χ2n) is 5.08. The number of fused-ring (bicyclic) bond motifs is 1. The molecule has 2 aromatic rings. The molecule has 0 saturated heterocycles. The molecule has 7 heteroatoms. The lowest BCUT2D eigenvalue weighted by Gasteiger charge is -2.08. The lowest BCUT2D eigenvalue weighted by molar-refractivity contribution is 0.0478. The Morgan fingerprint density at radius 2 is 2.05 bits per heavy atom. The molecule has 1 fully saturated rings. The summed E-state index contributed by atoms with van der Waals surface area (Å²) in [6, 6.07) is 6.80. The number of ether oxygens (including phenoxy) is 1. The van der Waals surface area contributed by atoms with E-state index in [0.717, 1.165) is 4.68 Å². The third-order valence-corrected chi connectivity index (χ3v) is 4.45. The summed E-state index contributed by atoms with van der Waals surface area (Å²) in [6.45, 7) is 0.144. The van der Waals surface area contributed by atoms with Gasteiger partial charge in [0.25, 0.3) is 5.56 Å². The number of aryl methyl sites for hydroxylation is 1. The van der Waals surface area contributed by atoms with E-state index < -0.39 is 10.3 Å². The zero-order chi connectivity index (χ0) is 15.2. The molecule has 5 nitrogen and oxygen atoms in total. The van der Waals surface area contributed by atoms with Gasteiger partial charge in [0.2, 0.25) is 0 Å². The van der Waals surface area contributed by atoms with E-state index in [1.54, 1.807) is 24.3 Å². The number of hydrogen-bond donors (Lipinski definition) is 0. The number of alkyl halides is 2. The number of hydrogen-bond acceptors (Lipinski definition) is 4. The van der Waals surface area contributed by atoms with E-state index in [9.17, 15) is 9.59 Å². The van der Waals surface area contributed by atoms with Crippen molar-refractivity contribution in [2.24, 2.45) is 13.0 Å². The second-order valence-corrected chi connectivity index (χ2v) is 6.63. The predicted octanol–water partition coefficient (Wildman–Crippen LogP) is 2.28. The maximum atomic E-state index is 12.2. The van der Waals surface area contributed by atoms with Crippen molar-refractivity contribution in [2.75, 3.05) is 6.61 Å². The minimum atomic E-state index is -0.792. The molecular weight excluding hydrogens is 315 g/mol. The Morgan fingerprint density at radius 1 is 1.43 bits per heavy atom. The summed E-state index contributed by atoms with van der Waals surface area (Å²) in [5, 5.41) is 4.90. The van der Waals surface area contributed by atoms with Crippen molar-refractivity contribution in [2.45, 2.75) is 10.8 Å². The van der Waals surface area contributed by atoms with Crippen LogP contribution in [0.4, 0.5) is 0 Å². The minimum absolute atomic E-state index is 0.0522. The van der Waals surface area contributed by atoms with Crippen molar-refractivity contribution in [1.29, 1.82) is 0 Å². The van der Waals surface area contributed by atoms with Gasteiger partial charge in [-0.05, 0) is 12.5 Å². The van der Waals surface area contributed by atoms with E-state index >= 15 is 0 Å². The molecule has 0 amide bonds. The van der Waals surface area contributed by atoms with Gasteiger partial charge >= 0.3 is 5.97 Å². The van der Waals surface area contributed by atoms with Crippen molar-refractivity contribution in [1.82, 2.24) is 9.78 Å². The molecule has 0 radical (unpaired) electrons. The van der Waals surface area contributed by atoms with E-state index in [1.807, 2.05) is 0 Å². The zero-order valence-electron chi connectivity index (χ0n) is 11.2. The van der Waals surface area contributed by atoms with Gasteiger partial charge in [0.15, 0.2) is 5.69 Å². The molecule has 1 saturated carbocycles. The zero-order valence-corrected chi connectivity index (χ0v) is 12.7. The van der Waals surface area contributed by atoms with Gasteiger partial charge in [-0.25, -0.2) is 9.48 Å². The number of rotatable bonds is 3. The Hall–Kier alpha value is -1.59. The number of halogens is 2. The first kappa shape index (κ1) is 14.4. The highest BCUT2D eigenvalue weighted by Gasteiger charge is 2.52. The summed E-state index contributed by atoms with van der Waals surface area (Å²) in [6.07, 6.45) is 0.602. The predicted molar refractivity (Wildman–Crippen MR) is 79.8 cm³/mol. The Labute approximate surface area is 130 Å². The quantitative estimate of drug-likeness (QED) is 0.641. The van der Waals surface area contributed by atoms with Crippen LogP contribution >= 0.6 is 23.2 Å². The summed E-state index contributed by atoms with van der Waals surface area (Å²) in [7, 11) is 1.50. The molecular formula is C14H12Cl2N2O3. The number of nitrogens with zero attached hydrogens (tertiary/aromatic N) is 2. The van der Waals surface area contributed by atoms with Crippen LogP contribution in [-0.2, 0) is 11.8 Å². The van der Waals surface area contributed by atoms with E-state index in [-0.39, 0.29) is 23.8 Å². The van der Waals surface area contributed by atoms with Crippen LogP contribution in [0.2, 0.25) is 0 Å². The second kappa shape index (κ2) is 5.00. The number of benzene rings is 1. The smallest absolute Gasteiger partial charge is 0.359 e. The third-order valence-electron chi connectivity index (χ3n) is 3.52. The summed E-state index contributed by atoms with van der Waals surface area (Å²) in [5.41, 5.74) is -0.145. The summed E-state index contributed by atoms with van der Waals surface area (Å²) in [5.74, 6) is -0.638. The van der Waals surface area contributed by atoms with Crippen LogP contribution in [0.1, 0.15) is 16.9 Å². The standard InChI is InChI=1S/C14H12Cl2N2O3/c1-18-12(19)10-5-3-2-4-9(10)11(17-18)13(20)21-7-8-6-14(8,15)16/h2-5,8H,6-7H2,1H3/t8-/m1/s1. The molecule has 0 spiro atoms. The first-order valence-electron chi connectivity index (χ1n) is 6.41. The van der Waals surface area contributed by atoms with Gasteiger partial charge in [0.1, 0.15) is 4.33 Å². The molecule has 110 valence electrons. The molecule has 3 rings (SSSR count). The van der Waals surface area contributed by atoms with E-state index in [2.05, 4.69) is 5.10 Å². The molecule has 0 unspecified atom stereocenters. The maximum absolute atomic E-state index is 12.2. The Bertz CT molecular complexity index is 785. The van der Waals surface area contributed by atoms with Gasteiger partial charge in [-0.15, -0.1) is 23.2 Å². The highest BCUT2D eigenvalue weighted by atomic mass is 35.5. The summed E-state index contributed by atoms with van der Waals surface area (Å²) < 4.78 is 5.54. The molecule has 1 heterocycles. The van der Waals surface area contributed by atoms with E-state index in [0.29, 0.717) is 17.2 Å². The fourth-order valence-corrected chi connectivity index (χ4v) is 2.64. The van der Waals surface area contributed by atoms with Gasteiger partial charge in [-0.2, -0.15) is 5.10 Å². The molecule has 1 aromatic heterocycles. The van der Waals surface area contributed by atoms with Crippen molar-refractivity contribution in [3.05, 3.63) is 40.3 Å². The van der Waals surface area contributed by atoms with Crippen molar-refractivity contribution in [3.8, 4) is 0 Å². The van der Waals surface area contributed by atoms with Gasteiger partial charge in [-0.3, -0.25) is 4.79 Å². The van der Waals surface area contributed by atoms with Gasteiger partial charge in [-0.1, -0.05) is 18.2 Å². The Balaban J connectivity index is 1.91. The topological polar surface area (TPSA) is 61.2 Å². The Kier molecular flexibility index (Phi) is 3.42. The highest BCUT2D eigenvalue weighted by Crippen LogP contribution is 2.53. The molecule has 21 heavy (non-hydrogen) atoms. The van der Waals surface area contributed by atoms with Crippen LogP contribution in [0, 0.1) is 5.92 Å². The van der Waals surface area contributed by atoms with Crippen LogP contribution in [0.5, 0.6) is 0 Å². The highest BCUT2D eigenvalue weighted by molar-refractivity contribution is 6.50. The average Bonchev–Trinajstić information content (AvgIpc) is 3.07. The molecule has 1 aliphatic carbocycles. The number of esters is 1. The van der Waals surface area contributed by atoms with Crippen LogP contribution in [0.15, 0.2) is 29.1 Å². The number of carbonyl (C=O) groups is 1. The van der Waals surface area contributed by atoms with Crippen LogP contribution in [0.3, 0.4) is 0 Å². The summed E-state index contributed by atoms with van der Waals surface area (Å²) >= 11 is 11.8. The van der Waals surface area contributed by atoms with Crippen LogP contribution in [0.25, 0.3) is 10.8 Å². The fourth-order valence-electron chi connectivity index (χ4n) is 2.15. The largest absolute Gasteiger partial charge is 0.460 e. The monoisotopic (exact) mass is 326 g/mol. The molecule has 0 N–H and O–H groups in total. The van der Waals surface area contributed by atoms with E-state index in [1.165, 1.54) is 7.05 Å². The minimum Gasteiger partial charge on any atom is -0.460 e. The number of carbonyl (C=O) groups excluding carboxylic acids is 1. The van der Waals surface area contributed by atoms with Crippen LogP contribution < -0.4 is 5.56 Å². The molecule has 0 aliphatic heterocycles. The van der Waals surface area contributed by atoms with E-state index in [4.69, 9.17) is 27.9 Å².